The van der Waals surface area contributed by atoms with Gasteiger partial charge in [-0.3, -0.25) is 19.5 Å². The highest BCUT2D eigenvalue weighted by atomic mass is 16.5. The van der Waals surface area contributed by atoms with E-state index < -0.39 is 11.1 Å². The van der Waals surface area contributed by atoms with Gasteiger partial charge >= 0.3 is 0 Å². The molecule has 2 aromatic rings. The number of fused-ring (bicyclic) bond motifs is 4. The zero-order valence-electron chi connectivity index (χ0n) is 22.9. The minimum absolute atomic E-state index is 0.00400. The van der Waals surface area contributed by atoms with Crippen LogP contribution in [-0.4, -0.2) is 38.8 Å². The van der Waals surface area contributed by atoms with E-state index in [9.17, 15) is 9.59 Å². The molecule has 8 heteroatoms. The first-order valence-corrected chi connectivity index (χ1v) is 14.1. The number of amides is 2. The van der Waals surface area contributed by atoms with Crippen molar-refractivity contribution in [2.75, 3.05) is 0 Å². The molecule has 8 nitrogen and oxygen atoms in total. The molecule has 4 aliphatic heterocycles. The lowest BCUT2D eigenvalue weighted by molar-refractivity contribution is -0.132. The summed E-state index contributed by atoms with van der Waals surface area (Å²) in [5, 5.41) is 3.34. The van der Waals surface area contributed by atoms with Gasteiger partial charge in [0.15, 0.2) is 5.96 Å². The average molecular weight is 528 g/mol. The lowest BCUT2D eigenvalue weighted by Gasteiger charge is -2.40. The molecule has 4 bridgehead atoms. The number of nitrogens with two attached hydrogens (primary N) is 1. The van der Waals surface area contributed by atoms with Crippen LogP contribution in [0, 0.1) is 11.8 Å². The van der Waals surface area contributed by atoms with Crippen LogP contribution in [-0.2, 0) is 9.59 Å². The number of hydrogen-bond donors (Lipinski definition) is 2. The fraction of sp³-hybridized carbons (Fsp3) is 0.484. The molecule has 1 fully saturated rings. The van der Waals surface area contributed by atoms with E-state index in [-0.39, 0.29) is 41.7 Å². The molecule has 39 heavy (non-hydrogen) atoms. The number of hydrogen-bond acceptors (Lipinski definition) is 6. The van der Waals surface area contributed by atoms with Crippen molar-refractivity contribution < 1.29 is 14.3 Å². The van der Waals surface area contributed by atoms with Gasteiger partial charge in [0.25, 0.3) is 0 Å². The second kappa shape index (κ2) is 9.50. The van der Waals surface area contributed by atoms with Crippen molar-refractivity contribution in [2.24, 2.45) is 22.6 Å². The molecule has 1 aromatic carbocycles. The minimum atomic E-state index is -0.532. The van der Waals surface area contributed by atoms with E-state index in [0.29, 0.717) is 19.3 Å². The lowest BCUT2D eigenvalue weighted by atomic mass is 9.85. The number of allylic oxidation sites excluding steroid dienone is 1. The van der Waals surface area contributed by atoms with Crippen molar-refractivity contribution in [1.29, 1.82) is 0 Å². The van der Waals surface area contributed by atoms with E-state index in [1.165, 1.54) is 0 Å². The van der Waals surface area contributed by atoms with Crippen LogP contribution in [0.4, 0.5) is 0 Å². The quantitative estimate of drug-likeness (QED) is 0.589. The monoisotopic (exact) mass is 527 g/mol. The van der Waals surface area contributed by atoms with Crippen molar-refractivity contribution in [2.45, 2.75) is 82.5 Å². The van der Waals surface area contributed by atoms with E-state index in [1.807, 2.05) is 24.3 Å². The normalized spacial score (nSPS) is 32.3. The van der Waals surface area contributed by atoms with E-state index >= 15 is 0 Å². The Morgan fingerprint density at radius 2 is 2.08 bits per heavy atom. The lowest BCUT2D eigenvalue weighted by Crippen LogP contribution is -2.53. The predicted molar refractivity (Wildman–Crippen MR) is 150 cm³/mol. The number of nitrogens with zero attached hydrogens (tertiary/aromatic N) is 3. The fourth-order valence-electron chi connectivity index (χ4n) is 6.61. The van der Waals surface area contributed by atoms with E-state index in [1.54, 1.807) is 17.3 Å². The van der Waals surface area contributed by atoms with E-state index in [4.69, 9.17) is 15.5 Å². The third-order valence-electron chi connectivity index (χ3n) is 8.79. The zero-order chi connectivity index (χ0) is 27.4. The molecule has 0 saturated heterocycles. The Hall–Kier alpha value is -3.68. The number of carbonyl (C=O) groups is 2. The highest BCUT2D eigenvalue weighted by Gasteiger charge is 2.54. The minimum Gasteiger partial charge on any atom is -0.487 e. The van der Waals surface area contributed by atoms with Crippen LogP contribution in [0.2, 0.25) is 0 Å². The molecule has 1 aromatic heterocycles. The molecule has 1 unspecified atom stereocenters. The molecule has 1 aliphatic carbocycles. The number of aliphatic imine (C=N–C) groups is 1. The van der Waals surface area contributed by atoms with Crippen LogP contribution in [0.3, 0.4) is 0 Å². The Balaban J connectivity index is 1.42. The molecule has 0 radical (unpaired) electrons. The first-order valence-electron chi connectivity index (χ1n) is 14.1. The van der Waals surface area contributed by atoms with Crippen LogP contribution in [0.25, 0.3) is 6.08 Å². The molecule has 0 spiro atoms. The van der Waals surface area contributed by atoms with Gasteiger partial charge in [0, 0.05) is 30.3 Å². The number of guanidine groups is 1. The molecule has 5 atom stereocenters. The van der Waals surface area contributed by atoms with E-state index in [0.717, 1.165) is 41.7 Å². The molecule has 7 rings (SSSR count). The zero-order valence-corrected chi connectivity index (χ0v) is 22.9. The molecule has 5 heterocycles. The van der Waals surface area contributed by atoms with Crippen LogP contribution >= 0.6 is 0 Å². The smallest absolute Gasteiger partial charge is 0.232 e. The van der Waals surface area contributed by atoms with Crippen LogP contribution < -0.4 is 15.8 Å². The maximum atomic E-state index is 13.8. The summed E-state index contributed by atoms with van der Waals surface area (Å²) in [7, 11) is 0. The number of pyridine rings is 1. The molecular formula is C31H37N5O3. The van der Waals surface area contributed by atoms with Crippen molar-refractivity contribution >= 4 is 23.8 Å². The van der Waals surface area contributed by atoms with Crippen molar-refractivity contribution in [3.8, 4) is 5.75 Å². The van der Waals surface area contributed by atoms with Gasteiger partial charge in [0.05, 0.1) is 24.0 Å². The second-order valence-corrected chi connectivity index (χ2v) is 12.1. The summed E-state index contributed by atoms with van der Waals surface area (Å²) in [5.41, 5.74) is 8.59. The molecule has 3 N–H and O–H groups in total. The standard InChI is InChI=1S/C31H37N5O3/c1-4-31-12-6-5-8-19-10-11-25-23(14-19)24(16-30(2,3)39-25)34-28(38)22-15-21(22)27(20-9-7-13-33-18-20)36(26(37)17-31)29(32)35-31/h5,7-11,13-14,18,21-22,24,27H,4,6,12,15-17H2,1-3H3,(H2,32,35)(H,34,38)/b8-5-/t21-,22-,24-,27?,31+/m0/s1. The summed E-state index contributed by atoms with van der Waals surface area (Å²) in [6.07, 6.45) is 11.6. The maximum Gasteiger partial charge on any atom is 0.232 e. The fourth-order valence-corrected chi connectivity index (χ4v) is 6.61. The van der Waals surface area contributed by atoms with Gasteiger partial charge < -0.3 is 15.8 Å². The number of ether oxygens (including phenoxy) is 1. The Kier molecular flexibility index (Phi) is 6.24. The highest BCUT2D eigenvalue weighted by Crippen LogP contribution is 2.52. The number of nitrogens with one attached hydrogen (secondary N) is 1. The average Bonchev–Trinajstić information content (AvgIpc) is 3.69. The summed E-state index contributed by atoms with van der Waals surface area (Å²) in [6, 6.07) is 9.45. The third-order valence-corrected chi connectivity index (χ3v) is 8.79. The molecular weight excluding hydrogens is 490 g/mol. The number of rotatable bonds is 2. The summed E-state index contributed by atoms with van der Waals surface area (Å²) in [4.78, 5) is 38.4. The van der Waals surface area contributed by atoms with E-state index in [2.05, 4.69) is 49.3 Å². The van der Waals surface area contributed by atoms with Crippen molar-refractivity contribution in [3.05, 3.63) is 65.5 Å². The number of aromatic nitrogens is 1. The Bertz CT molecular complexity index is 1350. The third kappa shape index (κ3) is 4.81. The second-order valence-electron chi connectivity index (χ2n) is 12.1. The summed E-state index contributed by atoms with van der Waals surface area (Å²) >= 11 is 0. The number of benzene rings is 1. The topological polar surface area (TPSA) is 110 Å². The molecule has 2 amide bonds. The van der Waals surface area contributed by atoms with Gasteiger partial charge in [-0.2, -0.15) is 0 Å². The molecule has 204 valence electrons. The predicted octanol–water partition coefficient (Wildman–Crippen LogP) is 4.68. The van der Waals surface area contributed by atoms with Crippen molar-refractivity contribution in [3.63, 3.8) is 0 Å². The van der Waals surface area contributed by atoms with Crippen LogP contribution in [0.5, 0.6) is 5.75 Å². The Morgan fingerprint density at radius 3 is 2.82 bits per heavy atom. The Labute approximate surface area is 229 Å². The molecule has 1 saturated carbocycles. The first-order chi connectivity index (χ1) is 18.7. The van der Waals surface area contributed by atoms with Gasteiger partial charge in [-0.1, -0.05) is 31.2 Å². The summed E-state index contributed by atoms with van der Waals surface area (Å²) in [5.74, 6) is 0.700. The van der Waals surface area contributed by atoms with Crippen LogP contribution in [0.1, 0.15) is 88.1 Å². The Morgan fingerprint density at radius 1 is 1.23 bits per heavy atom. The van der Waals surface area contributed by atoms with Gasteiger partial charge in [0.1, 0.15) is 11.4 Å². The van der Waals surface area contributed by atoms with Gasteiger partial charge in [-0.15, -0.1) is 0 Å². The SMILES string of the molecule is CC[C@@]12CC/C=C\c3ccc4c(c3)[C@H](CC(C)(C)O4)NC(=O)[C@H]3C[C@@H]3C(c3cccnc3)N(C(=O)C1)C(N)=N2. The largest absolute Gasteiger partial charge is 0.487 e. The number of carbonyl (C=O) groups excluding carboxylic acids is 2. The maximum absolute atomic E-state index is 13.8. The first kappa shape index (κ1) is 25.6. The van der Waals surface area contributed by atoms with Gasteiger partial charge in [-0.05, 0) is 74.8 Å². The van der Waals surface area contributed by atoms with Gasteiger partial charge in [0.2, 0.25) is 11.8 Å². The van der Waals surface area contributed by atoms with Crippen LogP contribution in [0.15, 0.2) is 53.8 Å². The summed E-state index contributed by atoms with van der Waals surface area (Å²) in [6.45, 7) is 6.17. The molecule has 5 aliphatic rings. The van der Waals surface area contributed by atoms with Crippen molar-refractivity contribution in [1.82, 2.24) is 15.2 Å². The highest BCUT2D eigenvalue weighted by molar-refractivity contribution is 6.00. The summed E-state index contributed by atoms with van der Waals surface area (Å²) < 4.78 is 6.28. The van der Waals surface area contributed by atoms with Gasteiger partial charge in [-0.25, -0.2) is 4.99 Å².